The van der Waals surface area contributed by atoms with Crippen molar-refractivity contribution < 1.29 is 9.18 Å². The number of likely N-dealkylation sites (N-methyl/N-ethyl adjacent to an activating group) is 1. The van der Waals surface area contributed by atoms with E-state index in [0.717, 1.165) is 37.3 Å². The molecule has 1 saturated heterocycles. The fourth-order valence-electron chi connectivity index (χ4n) is 3.40. The summed E-state index contributed by atoms with van der Waals surface area (Å²) in [5, 5.41) is 7.42. The van der Waals surface area contributed by atoms with Gasteiger partial charge in [-0.25, -0.2) is 9.07 Å². The summed E-state index contributed by atoms with van der Waals surface area (Å²) in [6.45, 7) is 5.24. The first-order valence-electron chi connectivity index (χ1n) is 8.30. The quantitative estimate of drug-likeness (QED) is 0.905. The van der Waals surface area contributed by atoms with E-state index in [0.29, 0.717) is 11.3 Å². The van der Waals surface area contributed by atoms with Crippen molar-refractivity contribution in [2.75, 3.05) is 20.1 Å². The van der Waals surface area contributed by atoms with Gasteiger partial charge in [-0.2, -0.15) is 5.10 Å². The summed E-state index contributed by atoms with van der Waals surface area (Å²) in [7, 11) is 1.88. The fourth-order valence-corrected chi connectivity index (χ4v) is 3.40. The van der Waals surface area contributed by atoms with Crippen LogP contribution in [0.1, 0.15) is 34.6 Å². The zero-order valence-electron chi connectivity index (χ0n) is 14.8. The Labute approximate surface area is 153 Å². The molecule has 0 saturated carbocycles. The largest absolute Gasteiger partial charge is 0.334 e. The van der Waals surface area contributed by atoms with E-state index < -0.39 is 5.82 Å². The van der Waals surface area contributed by atoms with E-state index in [1.54, 1.807) is 16.8 Å². The lowest BCUT2D eigenvalue weighted by atomic mass is 10.1. The van der Waals surface area contributed by atoms with Crippen LogP contribution in [0, 0.1) is 19.7 Å². The molecule has 1 aliphatic rings. The fraction of sp³-hybridized carbons (Fsp3) is 0.444. The summed E-state index contributed by atoms with van der Waals surface area (Å²) >= 11 is 0. The van der Waals surface area contributed by atoms with Crippen molar-refractivity contribution in [3.63, 3.8) is 0 Å². The number of hydrogen-bond donors (Lipinski definition) is 1. The Morgan fingerprint density at radius 1 is 1.36 bits per heavy atom. The Balaban J connectivity index is 0.00000225. The molecule has 0 radical (unpaired) electrons. The van der Waals surface area contributed by atoms with Gasteiger partial charge in [0, 0.05) is 30.4 Å². The minimum absolute atomic E-state index is 0. The summed E-state index contributed by atoms with van der Waals surface area (Å²) in [6.07, 6.45) is 1.98. The first-order chi connectivity index (χ1) is 11.5. The third kappa shape index (κ3) is 3.85. The number of aromatic nitrogens is 2. The lowest BCUT2D eigenvalue weighted by Crippen LogP contribution is -2.40. The van der Waals surface area contributed by atoms with Crippen LogP contribution in [0.15, 0.2) is 24.3 Å². The molecule has 1 aliphatic heterocycles. The summed E-state index contributed by atoms with van der Waals surface area (Å²) in [6, 6.07) is 6.71. The number of nitrogens with one attached hydrogen (secondary N) is 1. The predicted molar refractivity (Wildman–Crippen MR) is 98.2 cm³/mol. The molecule has 5 nitrogen and oxygen atoms in total. The maximum Gasteiger partial charge on any atom is 0.254 e. The number of carbonyl (C=O) groups excluding carboxylic acids is 1. The van der Waals surface area contributed by atoms with Gasteiger partial charge in [-0.05, 0) is 58.0 Å². The number of amides is 1. The first-order valence-corrected chi connectivity index (χ1v) is 8.30. The zero-order chi connectivity index (χ0) is 17.3. The van der Waals surface area contributed by atoms with Gasteiger partial charge in [0.2, 0.25) is 0 Å². The Morgan fingerprint density at radius 2 is 2.12 bits per heavy atom. The lowest BCUT2D eigenvalue weighted by molar-refractivity contribution is 0.0736. The monoisotopic (exact) mass is 366 g/mol. The summed E-state index contributed by atoms with van der Waals surface area (Å²) in [5.74, 6) is -0.539. The van der Waals surface area contributed by atoms with Crippen LogP contribution in [0.25, 0.3) is 5.69 Å². The number of rotatable bonds is 4. The second-order valence-corrected chi connectivity index (χ2v) is 6.36. The first kappa shape index (κ1) is 19.4. The van der Waals surface area contributed by atoms with Crippen molar-refractivity contribution in [3.05, 3.63) is 47.0 Å². The van der Waals surface area contributed by atoms with Crippen molar-refractivity contribution in [2.45, 2.75) is 32.7 Å². The van der Waals surface area contributed by atoms with Crippen molar-refractivity contribution in [1.29, 1.82) is 0 Å². The van der Waals surface area contributed by atoms with Crippen molar-refractivity contribution >= 4 is 18.3 Å². The minimum Gasteiger partial charge on any atom is -0.334 e. The molecule has 1 aromatic carbocycles. The van der Waals surface area contributed by atoms with Gasteiger partial charge in [0.1, 0.15) is 11.5 Å². The molecule has 1 atom stereocenters. The summed E-state index contributed by atoms with van der Waals surface area (Å²) in [5.41, 5.74) is 2.45. The molecule has 7 heteroatoms. The van der Waals surface area contributed by atoms with E-state index in [-0.39, 0.29) is 24.4 Å². The molecular formula is C18H24ClFN4O. The number of likely N-dealkylation sites (tertiary alicyclic amines) is 1. The normalized spacial score (nSPS) is 16.8. The lowest BCUT2D eigenvalue weighted by Gasteiger charge is -2.24. The zero-order valence-corrected chi connectivity index (χ0v) is 15.6. The van der Waals surface area contributed by atoms with E-state index in [2.05, 4.69) is 10.4 Å². The molecule has 0 aliphatic carbocycles. The molecule has 1 amide bonds. The van der Waals surface area contributed by atoms with Gasteiger partial charge in [0.05, 0.1) is 5.69 Å². The van der Waals surface area contributed by atoms with Crippen molar-refractivity contribution in [3.8, 4) is 5.69 Å². The molecule has 2 aromatic rings. The number of carbonyl (C=O) groups is 1. The Hall–Kier alpha value is -1.92. The van der Waals surface area contributed by atoms with E-state index in [9.17, 15) is 9.18 Å². The maximum atomic E-state index is 14.6. The van der Waals surface area contributed by atoms with Crippen LogP contribution in [0.4, 0.5) is 4.39 Å². The van der Waals surface area contributed by atoms with E-state index in [1.807, 2.05) is 31.9 Å². The van der Waals surface area contributed by atoms with Crippen LogP contribution >= 0.6 is 12.4 Å². The average Bonchev–Trinajstić information content (AvgIpc) is 3.13. The molecule has 25 heavy (non-hydrogen) atoms. The highest BCUT2D eigenvalue weighted by Gasteiger charge is 2.29. The van der Waals surface area contributed by atoms with Crippen LogP contribution in [-0.2, 0) is 0 Å². The Bertz CT molecular complexity index is 762. The van der Waals surface area contributed by atoms with E-state index in [4.69, 9.17) is 0 Å². The van der Waals surface area contributed by atoms with Crippen LogP contribution in [0.3, 0.4) is 0 Å². The van der Waals surface area contributed by atoms with E-state index in [1.165, 1.54) is 6.07 Å². The highest BCUT2D eigenvalue weighted by Crippen LogP contribution is 2.22. The highest BCUT2D eigenvalue weighted by atomic mass is 35.5. The van der Waals surface area contributed by atoms with Gasteiger partial charge >= 0.3 is 0 Å². The molecule has 1 N–H and O–H groups in total. The number of halogens is 2. The van der Waals surface area contributed by atoms with Gasteiger partial charge in [0.25, 0.3) is 5.91 Å². The molecule has 2 heterocycles. The number of aryl methyl sites for hydroxylation is 2. The van der Waals surface area contributed by atoms with E-state index >= 15 is 0 Å². The minimum atomic E-state index is -0.434. The molecule has 136 valence electrons. The van der Waals surface area contributed by atoms with Crippen molar-refractivity contribution in [2.24, 2.45) is 0 Å². The van der Waals surface area contributed by atoms with Crippen LogP contribution in [0.5, 0.6) is 0 Å². The van der Waals surface area contributed by atoms with Crippen molar-refractivity contribution in [1.82, 2.24) is 20.0 Å². The van der Waals surface area contributed by atoms with Crippen LogP contribution in [0.2, 0.25) is 0 Å². The topological polar surface area (TPSA) is 50.2 Å². The van der Waals surface area contributed by atoms with Gasteiger partial charge in [-0.1, -0.05) is 0 Å². The third-order valence-electron chi connectivity index (χ3n) is 4.51. The molecular weight excluding hydrogens is 343 g/mol. The standard InChI is InChI=1S/C18H23FN4O.ClH/c1-12-9-13(2)23(21-12)17-7-6-14(10-16(17)19)18(24)22-8-4-5-15(22)11-20-3;/h6-7,9-10,15,20H,4-5,8,11H2,1-3H3;1H. The predicted octanol–water partition coefficient (Wildman–Crippen LogP) is 2.87. The molecule has 0 bridgehead atoms. The molecule has 3 rings (SSSR count). The molecule has 1 unspecified atom stereocenters. The number of benzene rings is 1. The molecule has 0 spiro atoms. The summed E-state index contributed by atoms with van der Waals surface area (Å²) < 4.78 is 16.1. The smallest absolute Gasteiger partial charge is 0.254 e. The Morgan fingerprint density at radius 3 is 2.72 bits per heavy atom. The average molecular weight is 367 g/mol. The third-order valence-corrected chi connectivity index (χ3v) is 4.51. The van der Waals surface area contributed by atoms with Crippen LogP contribution < -0.4 is 5.32 Å². The van der Waals surface area contributed by atoms with Gasteiger partial charge < -0.3 is 10.2 Å². The van der Waals surface area contributed by atoms with Gasteiger partial charge in [-0.15, -0.1) is 12.4 Å². The van der Waals surface area contributed by atoms with Gasteiger partial charge in [-0.3, -0.25) is 4.79 Å². The van der Waals surface area contributed by atoms with Gasteiger partial charge in [0.15, 0.2) is 0 Å². The number of nitrogens with zero attached hydrogens (tertiary/aromatic N) is 3. The second kappa shape index (κ2) is 7.97. The Kier molecular flexibility index (Phi) is 6.19. The van der Waals surface area contributed by atoms with Crippen LogP contribution in [-0.4, -0.2) is 46.8 Å². The SMILES string of the molecule is CNCC1CCCN1C(=O)c1ccc(-n2nc(C)cc2C)c(F)c1.Cl. The second-order valence-electron chi connectivity index (χ2n) is 6.36. The number of hydrogen-bond acceptors (Lipinski definition) is 3. The summed E-state index contributed by atoms with van der Waals surface area (Å²) in [4.78, 5) is 14.6. The molecule has 1 fully saturated rings. The molecule has 1 aromatic heterocycles. The highest BCUT2D eigenvalue weighted by molar-refractivity contribution is 5.94. The maximum absolute atomic E-state index is 14.6.